The normalized spacial score (nSPS) is 20.3. The Morgan fingerprint density at radius 1 is 1.27 bits per heavy atom. The molecule has 0 saturated heterocycles. The van der Waals surface area contributed by atoms with E-state index in [-0.39, 0.29) is 53.8 Å². The zero-order chi connectivity index (χ0) is 28.8. The maximum atomic E-state index is 15.1. The fourth-order valence-corrected chi connectivity index (χ4v) is 6.46. The molecule has 11 nitrogen and oxygen atoms in total. The largest absolute Gasteiger partial charge is 0.458 e. The number of rotatable bonds is 4. The van der Waals surface area contributed by atoms with E-state index in [0.29, 0.717) is 41.1 Å². The van der Waals surface area contributed by atoms with E-state index in [1.807, 2.05) is 0 Å². The van der Waals surface area contributed by atoms with Gasteiger partial charge in [-0.1, -0.05) is 6.92 Å². The van der Waals surface area contributed by atoms with Gasteiger partial charge in [0.1, 0.15) is 24.4 Å². The number of pyridine rings is 3. The van der Waals surface area contributed by atoms with Gasteiger partial charge in [0, 0.05) is 28.6 Å². The van der Waals surface area contributed by atoms with Crippen LogP contribution < -0.4 is 10.9 Å². The van der Waals surface area contributed by atoms with Crippen molar-refractivity contribution < 1.29 is 24.0 Å². The quantitative estimate of drug-likeness (QED) is 0.190. The highest BCUT2D eigenvalue weighted by atomic mass is 19.1. The fourth-order valence-electron chi connectivity index (χ4n) is 6.46. The average molecular weight is 558 g/mol. The van der Waals surface area contributed by atoms with Crippen LogP contribution in [0.3, 0.4) is 0 Å². The third kappa shape index (κ3) is 3.46. The number of nitro groups is 1. The molecule has 2 atom stereocenters. The van der Waals surface area contributed by atoms with E-state index in [2.05, 4.69) is 10.3 Å². The molecule has 2 aliphatic heterocycles. The first kappa shape index (κ1) is 25.3. The van der Waals surface area contributed by atoms with Crippen LogP contribution in [0.1, 0.15) is 59.2 Å². The van der Waals surface area contributed by atoms with E-state index < -0.39 is 16.5 Å². The average Bonchev–Trinajstić information content (AvgIpc) is 3.33. The van der Waals surface area contributed by atoms with Crippen molar-refractivity contribution in [3.63, 3.8) is 0 Å². The van der Waals surface area contributed by atoms with Crippen molar-refractivity contribution >= 4 is 28.4 Å². The zero-order valence-electron chi connectivity index (χ0n) is 22.2. The number of aromatic nitrogens is 3. The molecular weight excluding hydrogens is 533 g/mol. The number of hydrogen-bond acceptors (Lipinski definition) is 9. The predicted octanol–water partition coefficient (Wildman–Crippen LogP) is 3.93. The lowest BCUT2D eigenvalue weighted by Gasteiger charge is -2.31. The minimum Gasteiger partial charge on any atom is -0.458 e. The number of anilines is 1. The fraction of sp³-hybridized carbons (Fsp3) is 0.310. The molecule has 3 aliphatic rings. The molecule has 4 aromatic rings. The highest BCUT2D eigenvalue weighted by molar-refractivity contribution is 5.93. The molecular formula is C29H24FN5O6. The lowest BCUT2D eigenvalue weighted by molar-refractivity contribution is -0.385. The van der Waals surface area contributed by atoms with Crippen LogP contribution in [0.2, 0.25) is 0 Å². The summed E-state index contributed by atoms with van der Waals surface area (Å²) >= 11 is 0. The lowest BCUT2D eigenvalue weighted by atomic mass is 9.81. The van der Waals surface area contributed by atoms with Crippen LogP contribution in [0.5, 0.6) is 0 Å². The van der Waals surface area contributed by atoms with Crippen LogP contribution in [0, 0.1) is 22.9 Å². The number of aliphatic hydroxyl groups is 1. The van der Waals surface area contributed by atoms with Crippen LogP contribution in [0.25, 0.3) is 22.3 Å². The number of fused-ring (bicyclic) bond motifs is 5. The van der Waals surface area contributed by atoms with E-state index in [0.717, 1.165) is 22.1 Å². The van der Waals surface area contributed by atoms with E-state index in [4.69, 9.17) is 9.72 Å². The molecule has 7 rings (SSSR count). The molecule has 12 heteroatoms. The van der Waals surface area contributed by atoms with Crippen molar-refractivity contribution in [3.05, 3.63) is 90.1 Å². The summed E-state index contributed by atoms with van der Waals surface area (Å²) in [5.41, 5.74) is 2.31. The second-order valence-electron chi connectivity index (χ2n) is 10.7. The molecule has 2 N–H and O–H groups in total. The van der Waals surface area contributed by atoms with Gasteiger partial charge in [-0.3, -0.25) is 14.9 Å². The van der Waals surface area contributed by atoms with E-state index in [1.165, 1.54) is 24.4 Å². The molecule has 0 fully saturated rings. The molecule has 0 spiro atoms. The maximum absolute atomic E-state index is 15.1. The summed E-state index contributed by atoms with van der Waals surface area (Å²) in [4.78, 5) is 45.9. The topological polar surface area (TPSA) is 149 Å². The van der Waals surface area contributed by atoms with E-state index >= 15 is 4.39 Å². The van der Waals surface area contributed by atoms with Crippen molar-refractivity contribution in [2.24, 2.45) is 0 Å². The molecule has 3 aromatic heterocycles. The van der Waals surface area contributed by atoms with Crippen LogP contribution >= 0.6 is 0 Å². The summed E-state index contributed by atoms with van der Waals surface area (Å²) in [6, 6.07) is 5.63. The molecule has 0 saturated carbocycles. The van der Waals surface area contributed by atoms with Crippen molar-refractivity contribution in [2.45, 2.75) is 57.9 Å². The number of carbonyl (C=O) groups excluding carboxylic acids is 1. The van der Waals surface area contributed by atoms with Gasteiger partial charge in [-0.05, 0) is 55.0 Å². The number of halogens is 1. The summed E-state index contributed by atoms with van der Waals surface area (Å²) in [6.07, 6.45) is 2.36. The predicted molar refractivity (Wildman–Crippen MR) is 145 cm³/mol. The van der Waals surface area contributed by atoms with Gasteiger partial charge in [0.25, 0.3) is 11.2 Å². The number of aryl methyl sites for hydroxylation is 1. The first-order chi connectivity index (χ1) is 19.6. The van der Waals surface area contributed by atoms with Crippen LogP contribution in [0.15, 0.2) is 35.3 Å². The zero-order valence-corrected chi connectivity index (χ0v) is 22.2. The number of benzene rings is 1. The van der Waals surface area contributed by atoms with Gasteiger partial charge in [-0.25, -0.2) is 19.2 Å². The van der Waals surface area contributed by atoms with Gasteiger partial charge in [0.2, 0.25) is 0 Å². The summed E-state index contributed by atoms with van der Waals surface area (Å²) in [6.45, 7) is 3.33. The van der Waals surface area contributed by atoms with Crippen molar-refractivity contribution in [1.29, 1.82) is 0 Å². The van der Waals surface area contributed by atoms with Gasteiger partial charge in [0.15, 0.2) is 5.60 Å². The second kappa shape index (κ2) is 8.64. The van der Waals surface area contributed by atoms with Gasteiger partial charge in [0.05, 0.1) is 40.0 Å². The van der Waals surface area contributed by atoms with Crippen molar-refractivity contribution in [2.75, 3.05) is 5.32 Å². The SMILES string of the molecule is CC[C@@]1(O)C(=O)OCc2c1cc1n(c2=O)Cc2c-1nc1cc(F)c(C)c3c1c2[C@@H](Nc1ccc([N+](=O)[O-])cn1)CC3. The van der Waals surface area contributed by atoms with Crippen molar-refractivity contribution in [1.82, 2.24) is 14.5 Å². The lowest BCUT2D eigenvalue weighted by Crippen LogP contribution is -2.44. The second-order valence-corrected chi connectivity index (χ2v) is 10.7. The third-order valence-electron chi connectivity index (χ3n) is 8.66. The Morgan fingerprint density at radius 3 is 2.78 bits per heavy atom. The molecule has 208 valence electrons. The number of nitrogens with zero attached hydrogens (tertiary/aromatic N) is 4. The number of carbonyl (C=O) groups is 1. The molecule has 1 aliphatic carbocycles. The first-order valence-electron chi connectivity index (χ1n) is 13.3. The van der Waals surface area contributed by atoms with Gasteiger partial charge in [-0.15, -0.1) is 0 Å². The summed E-state index contributed by atoms with van der Waals surface area (Å²) in [7, 11) is 0. The minimum absolute atomic E-state index is 0.0209. The Bertz CT molecular complexity index is 1900. The molecule has 0 unspecified atom stereocenters. The molecule has 1 aromatic carbocycles. The Kier molecular flexibility index (Phi) is 5.33. The number of cyclic esters (lactones) is 1. The Balaban J connectivity index is 1.45. The highest BCUT2D eigenvalue weighted by Crippen LogP contribution is 2.46. The highest BCUT2D eigenvalue weighted by Gasteiger charge is 2.46. The maximum Gasteiger partial charge on any atom is 0.343 e. The van der Waals surface area contributed by atoms with Crippen LogP contribution in [-0.4, -0.2) is 30.5 Å². The number of esters is 1. The Labute approximate surface area is 231 Å². The van der Waals surface area contributed by atoms with Crippen LogP contribution in [-0.2, 0) is 34.7 Å². The summed E-state index contributed by atoms with van der Waals surface area (Å²) in [5.74, 6) is -0.745. The Morgan fingerprint density at radius 2 is 2.07 bits per heavy atom. The van der Waals surface area contributed by atoms with E-state index in [1.54, 1.807) is 24.5 Å². The van der Waals surface area contributed by atoms with Gasteiger partial charge < -0.3 is 19.7 Å². The molecule has 5 heterocycles. The smallest absolute Gasteiger partial charge is 0.343 e. The molecule has 41 heavy (non-hydrogen) atoms. The van der Waals surface area contributed by atoms with Crippen LogP contribution in [0.4, 0.5) is 15.9 Å². The number of hydrogen-bond donors (Lipinski definition) is 2. The van der Waals surface area contributed by atoms with E-state index in [9.17, 15) is 24.8 Å². The summed E-state index contributed by atoms with van der Waals surface area (Å²) in [5, 5.41) is 26.5. The third-order valence-corrected chi connectivity index (χ3v) is 8.66. The Hall–Kier alpha value is -4.71. The van der Waals surface area contributed by atoms with Gasteiger partial charge >= 0.3 is 5.97 Å². The monoisotopic (exact) mass is 557 g/mol. The van der Waals surface area contributed by atoms with Gasteiger partial charge in [-0.2, -0.15) is 0 Å². The minimum atomic E-state index is -1.96. The van der Waals surface area contributed by atoms with Crippen molar-refractivity contribution in [3.8, 4) is 11.4 Å². The number of ether oxygens (including phenoxy) is 1. The molecule has 0 bridgehead atoms. The first-order valence-corrected chi connectivity index (χ1v) is 13.3. The molecule has 0 radical (unpaired) electrons. The molecule has 0 amide bonds. The standard InChI is InChI=1S/C29H24FN5O6/c1-3-29(38)18-8-22-26-16(11-34(22)27(36)17(18)12-41-28(29)37)25-20(32-23-7-4-14(10-31-23)35(39)40)6-5-15-13(2)19(30)9-21(33-26)24(15)25/h4,7-10,20,38H,3,5-6,11-12H2,1-2H3,(H,31,32)/t20-,29-/m0/s1. The summed E-state index contributed by atoms with van der Waals surface area (Å²) < 4.78 is 21.8. The number of nitrogens with one attached hydrogen (secondary N) is 1.